The van der Waals surface area contributed by atoms with Gasteiger partial charge in [-0.2, -0.15) is 0 Å². The minimum atomic E-state index is -0.997. The quantitative estimate of drug-likeness (QED) is 0.664. The van der Waals surface area contributed by atoms with E-state index < -0.39 is 23.7 Å². The molecular formula is C13H13ClFNO3. The second kappa shape index (κ2) is 6.89. The Morgan fingerprint density at radius 2 is 2.26 bits per heavy atom. The smallest absolute Gasteiger partial charge is 0.328 e. The van der Waals surface area contributed by atoms with Crippen molar-refractivity contribution in [2.75, 3.05) is 7.11 Å². The van der Waals surface area contributed by atoms with Crippen molar-refractivity contribution in [3.63, 3.8) is 0 Å². The molecule has 0 bridgehead atoms. The van der Waals surface area contributed by atoms with Crippen molar-refractivity contribution in [3.05, 3.63) is 47.3 Å². The first-order chi connectivity index (χ1) is 8.97. The number of rotatable bonds is 5. The fourth-order valence-corrected chi connectivity index (χ4v) is 1.68. The zero-order chi connectivity index (χ0) is 14.4. The molecule has 1 atom stereocenters. The predicted octanol–water partition coefficient (Wildman–Crippen LogP) is 1.87. The van der Waals surface area contributed by atoms with Crippen LogP contribution in [0.5, 0.6) is 0 Å². The minimum absolute atomic E-state index is 0.0569. The van der Waals surface area contributed by atoms with Crippen LogP contribution < -0.4 is 5.32 Å². The molecule has 1 N–H and O–H groups in total. The first kappa shape index (κ1) is 15.2. The van der Waals surface area contributed by atoms with E-state index in [-0.39, 0.29) is 12.0 Å². The molecule has 0 saturated heterocycles. The zero-order valence-electron chi connectivity index (χ0n) is 10.3. The highest BCUT2D eigenvalue weighted by Crippen LogP contribution is 2.16. The molecule has 1 rings (SSSR count). The summed E-state index contributed by atoms with van der Waals surface area (Å²) in [4.78, 5) is 22.8. The van der Waals surface area contributed by atoms with E-state index in [1.807, 2.05) is 0 Å². The summed E-state index contributed by atoms with van der Waals surface area (Å²) in [7, 11) is 1.18. The Bertz CT molecular complexity index is 505. The number of nitrogens with one attached hydrogen (secondary N) is 1. The van der Waals surface area contributed by atoms with Crippen LogP contribution in [-0.2, 0) is 20.7 Å². The number of benzene rings is 1. The molecule has 0 fully saturated rings. The molecule has 1 aromatic carbocycles. The summed E-state index contributed by atoms with van der Waals surface area (Å²) in [6, 6.07) is 2.99. The van der Waals surface area contributed by atoms with Gasteiger partial charge in [0, 0.05) is 11.4 Å². The van der Waals surface area contributed by atoms with Gasteiger partial charge in [0.15, 0.2) is 0 Å². The summed E-state index contributed by atoms with van der Waals surface area (Å²) in [5, 5.41) is 2.71. The maximum atomic E-state index is 13.6. The molecule has 102 valence electrons. The maximum Gasteiger partial charge on any atom is 0.328 e. The van der Waals surface area contributed by atoms with Gasteiger partial charge in [-0.15, -0.1) is 0 Å². The Labute approximate surface area is 115 Å². The Morgan fingerprint density at radius 3 is 2.84 bits per heavy atom. The third kappa shape index (κ3) is 4.37. The molecule has 0 saturated carbocycles. The van der Waals surface area contributed by atoms with Gasteiger partial charge in [0.05, 0.1) is 7.11 Å². The predicted molar refractivity (Wildman–Crippen MR) is 69.3 cm³/mol. The molecule has 0 aliphatic heterocycles. The molecule has 4 nitrogen and oxygen atoms in total. The number of hydrogen-bond donors (Lipinski definition) is 1. The number of carbonyl (C=O) groups excluding carboxylic acids is 2. The van der Waals surface area contributed by atoms with Crippen LogP contribution >= 0.6 is 11.6 Å². The summed E-state index contributed by atoms with van der Waals surface area (Å²) < 4.78 is 18.1. The fraction of sp³-hybridized carbons (Fsp3) is 0.231. The normalized spacial score (nSPS) is 11.5. The summed E-state index contributed by atoms with van der Waals surface area (Å²) >= 11 is 5.76. The summed E-state index contributed by atoms with van der Waals surface area (Å²) in [5.41, 5.74) is 0.215. The van der Waals surface area contributed by atoms with Gasteiger partial charge in [0.25, 0.3) is 0 Å². The number of halogens is 2. The van der Waals surface area contributed by atoms with Crippen LogP contribution in [0.2, 0.25) is 5.02 Å². The highest BCUT2D eigenvalue weighted by atomic mass is 35.5. The lowest BCUT2D eigenvalue weighted by Crippen LogP contribution is -2.42. The van der Waals surface area contributed by atoms with Crippen LogP contribution in [0.3, 0.4) is 0 Å². The number of esters is 1. The average molecular weight is 286 g/mol. The van der Waals surface area contributed by atoms with Crippen molar-refractivity contribution < 1.29 is 18.7 Å². The molecule has 6 heteroatoms. The topological polar surface area (TPSA) is 55.4 Å². The molecule has 0 aromatic heterocycles. The van der Waals surface area contributed by atoms with E-state index in [1.165, 1.54) is 25.3 Å². The number of hydrogen-bond acceptors (Lipinski definition) is 3. The van der Waals surface area contributed by atoms with Gasteiger partial charge in [0.1, 0.15) is 11.9 Å². The number of amides is 1. The van der Waals surface area contributed by atoms with Crippen LogP contribution in [0.4, 0.5) is 4.39 Å². The molecule has 1 aromatic rings. The van der Waals surface area contributed by atoms with E-state index >= 15 is 0 Å². The lowest BCUT2D eigenvalue weighted by Gasteiger charge is -2.16. The Balaban J connectivity index is 2.93. The average Bonchev–Trinajstić information content (AvgIpc) is 2.40. The molecule has 0 unspecified atom stereocenters. The summed E-state index contributed by atoms with van der Waals surface area (Å²) in [6.45, 7) is 3.28. The lowest BCUT2D eigenvalue weighted by molar-refractivity contribution is -0.144. The third-order valence-corrected chi connectivity index (χ3v) is 2.65. The van der Waals surface area contributed by atoms with Crippen molar-refractivity contribution in [2.45, 2.75) is 12.5 Å². The molecule has 0 aliphatic carbocycles. The first-order valence-corrected chi connectivity index (χ1v) is 5.80. The van der Waals surface area contributed by atoms with Gasteiger partial charge in [-0.05, 0) is 29.8 Å². The Kier molecular flexibility index (Phi) is 5.51. The SMILES string of the molecule is C=CC(=O)N[C@@H](Cc1cc(Cl)ccc1F)C(=O)OC. The summed E-state index contributed by atoms with van der Waals surface area (Å²) in [6.07, 6.45) is 0.961. The second-order valence-corrected chi connectivity index (χ2v) is 4.16. The molecule has 0 radical (unpaired) electrons. The van der Waals surface area contributed by atoms with Crippen LogP contribution in [0, 0.1) is 5.82 Å². The van der Waals surface area contributed by atoms with E-state index in [0.717, 1.165) is 6.08 Å². The standard InChI is InChI=1S/C13H13ClFNO3/c1-3-12(17)16-11(13(18)19-2)7-8-6-9(14)4-5-10(8)15/h3-6,11H,1,7H2,2H3,(H,16,17)/t11-/m0/s1. The van der Waals surface area contributed by atoms with E-state index in [9.17, 15) is 14.0 Å². The van der Waals surface area contributed by atoms with Gasteiger partial charge in [-0.1, -0.05) is 18.2 Å². The second-order valence-electron chi connectivity index (χ2n) is 3.73. The number of carbonyl (C=O) groups is 2. The van der Waals surface area contributed by atoms with Gasteiger partial charge < -0.3 is 10.1 Å². The van der Waals surface area contributed by atoms with Crippen molar-refractivity contribution in [3.8, 4) is 0 Å². The molecule has 0 aliphatic rings. The van der Waals surface area contributed by atoms with Crippen LogP contribution in [0.15, 0.2) is 30.9 Å². The Hall–Kier alpha value is -1.88. The highest BCUT2D eigenvalue weighted by Gasteiger charge is 2.22. The first-order valence-electron chi connectivity index (χ1n) is 5.42. The van der Waals surface area contributed by atoms with E-state index in [0.29, 0.717) is 5.02 Å². The van der Waals surface area contributed by atoms with Crippen molar-refractivity contribution >= 4 is 23.5 Å². The van der Waals surface area contributed by atoms with Crippen molar-refractivity contribution in [1.29, 1.82) is 0 Å². The third-order valence-electron chi connectivity index (χ3n) is 2.42. The van der Waals surface area contributed by atoms with Gasteiger partial charge in [0.2, 0.25) is 5.91 Å². The largest absolute Gasteiger partial charge is 0.467 e. The van der Waals surface area contributed by atoms with E-state index in [1.54, 1.807) is 0 Å². The highest BCUT2D eigenvalue weighted by molar-refractivity contribution is 6.30. The van der Waals surface area contributed by atoms with Crippen molar-refractivity contribution in [2.24, 2.45) is 0 Å². The van der Waals surface area contributed by atoms with Gasteiger partial charge in [-0.3, -0.25) is 4.79 Å². The fourth-order valence-electron chi connectivity index (χ4n) is 1.49. The molecule has 19 heavy (non-hydrogen) atoms. The maximum absolute atomic E-state index is 13.6. The van der Waals surface area contributed by atoms with Crippen LogP contribution in [-0.4, -0.2) is 25.0 Å². The molecule has 0 spiro atoms. The van der Waals surface area contributed by atoms with Gasteiger partial charge in [-0.25, -0.2) is 9.18 Å². The van der Waals surface area contributed by atoms with Crippen LogP contribution in [0.25, 0.3) is 0 Å². The number of methoxy groups -OCH3 is 1. The molecular weight excluding hydrogens is 273 g/mol. The van der Waals surface area contributed by atoms with E-state index in [2.05, 4.69) is 16.6 Å². The summed E-state index contributed by atoms with van der Waals surface area (Å²) in [5.74, 6) is -1.72. The number of ether oxygens (including phenoxy) is 1. The van der Waals surface area contributed by atoms with E-state index in [4.69, 9.17) is 11.6 Å². The lowest BCUT2D eigenvalue weighted by atomic mass is 10.1. The molecule has 1 amide bonds. The Morgan fingerprint density at radius 1 is 1.58 bits per heavy atom. The molecule has 0 heterocycles. The zero-order valence-corrected chi connectivity index (χ0v) is 11.0. The van der Waals surface area contributed by atoms with Crippen molar-refractivity contribution in [1.82, 2.24) is 5.32 Å². The van der Waals surface area contributed by atoms with Crippen LogP contribution in [0.1, 0.15) is 5.56 Å². The van der Waals surface area contributed by atoms with Gasteiger partial charge >= 0.3 is 5.97 Å². The minimum Gasteiger partial charge on any atom is -0.467 e. The monoisotopic (exact) mass is 285 g/mol.